The van der Waals surface area contributed by atoms with Gasteiger partial charge in [0.1, 0.15) is 0 Å². The maximum Gasteiger partial charge on any atom is 0.0541 e. The van der Waals surface area contributed by atoms with E-state index in [9.17, 15) is 0 Å². The fourth-order valence-corrected chi connectivity index (χ4v) is 13.1. The molecule has 0 amide bonds. The Hall–Kier alpha value is -12.4. The Labute approximate surface area is 549 Å². The molecule has 0 aliphatic carbocycles. The number of hydrogen-bond acceptors (Lipinski definition) is 0. The molecule has 2 aromatic heterocycles. The van der Waals surface area contributed by atoms with E-state index in [0.717, 1.165) is 44.6 Å². The van der Waals surface area contributed by atoms with Gasteiger partial charge in [-0.25, -0.2) is 0 Å². The maximum atomic E-state index is 2.43. The lowest BCUT2D eigenvalue weighted by Crippen LogP contribution is -1.95. The van der Waals surface area contributed by atoms with E-state index in [1.807, 2.05) is 0 Å². The Morgan fingerprint density at radius 1 is 0.149 bits per heavy atom. The van der Waals surface area contributed by atoms with Crippen LogP contribution in [-0.2, 0) is 0 Å². The van der Waals surface area contributed by atoms with E-state index in [4.69, 9.17) is 0 Å². The minimum absolute atomic E-state index is 1.11. The van der Waals surface area contributed by atoms with Crippen LogP contribution >= 0.6 is 0 Å². The molecule has 0 unspecified atom stereocenters. The normalized spacial score (nSPS) is 11.9. The SMILES string of the molecule is C(=C\c1ccc(-c2ccc3c(c2)c2cc(-c4ccc(/C=C/c5ccccc5)cc4)ccc2n3-c2ccc(-c3ccc(-n4c5ccc(-c6ccc(/C=C/c7ccccc7)cc6)cc5c5cc(-c6ccc(/C=C/c7ccccc7)cc6)ccc54)cc3)cc2)cc1)/c1ccccc1. The summed E-state index contributed by atoms with van der Waals surface area (Å²) < 4.78 is 4.86. The first-order valence-corrected chi connectivity index (χ1v) is 32.3. The third kappa shape index (κ3) is 11.9. The number of fused-ring (bicyclic) bond motifs is 6. The average Bonchev–Trinajstić information content (AvgIpc) is 1.59. The monoisotopic (exact) mass is 1200 g/mol. The zero-order chi connectivity index (χ0) is 62.6. The Kier molecular flexibility index (Phi) is 15.4. The van der Waals surface area contributed by atoms with Gasteiger partial charge in [0.15, 0.2) is 0 Å². The Morgan fingerprint density at radius 3 is 0.532 bits per heavy atom. The van der Waals surface area contributed by atoms with Crippen LogP contribution in [0, 0.1) is 0 Å². The summed E-state index contributed by atoms with van der Waals surface area (Å²) in [5.74, 6) is 0. The van der Waals surface area contributed by atoms with E-state index in [1.54, 1.807) is 0 Å². The smallest absolute Gasteiger partial charge is 0.0541 e. The number of nitrogens with zero attached hydrogens (tertiary/aromatic N) is 2. The summed E-state index contributed by atoms with van der Waals surface area (Å²) in [6.07, 6.45) is 17.4. The topological polar surface area (TPSA) is 9.86 Å². The number of benzene rings is 14. The minimum atomic E-state index is 1.11. The van der Waals surface area contributed by atoms with Gasteiger partial charge in [0.2, 0.25) is 0 Å². The van der Waals surface area contributed by atoms with Gasteiger partial charge in [0, 0.05) is 32.9 Å². The molecule has 0 atom stereocenters. The van der Waals surface area contributed by atoms with Gasteiger partial charge in [-0.1, -0.05) is 316 Å². The molecule has 16 rings (SSSR count). The molecule has 2 heterocycles. The largest absolute Gasteiger partial charge is 0.309 e. The van der Waals surface area contributed by atoms with Crippen molar-refractivity contribution in [3.8, 4) is 67.0 Å². The maximum absolute atomic E-state index is 2.43. The van der Waals surface area contributed by atoms with E-state index in [2.05, 4.69) is 397 Å². The molecule has 2 heteroatoms. The van der Waals surface area contributed by atoms with Crippen LogP contribution in [0.3, 0.4) is 0 Å². The van der Waals surface area contributed by atoms with Gasteiger partial charge < -0.3 is 9.13 Å². The van der Waals surface area contributed by atoms with Gasteiger partial charge in [-0.05, 0) is 173 Å². The first-order valence-electron chi connectivity index (χ1n) is 32.3. The second-order valence-corrected chi connectivity index (χ2v) is 24.2. The summed E-state index contributed by atoms with van der Waals surface area (Å²) in [5, 5.41) is 4.85. The second-order valence-electron chi connectivity index (χ2n) is 24.2. The summed E-state index contributed by atoms with van der Waals surface area (Å²) in [6, 6.07) is 123. The van der Waals surface area contributed by atoms with Crippen molar-refractivity contribution in [2.24, 2.45) is 0 Å². The fraction of sp³-hybridized carbons (Fsp3) is 0. The molecule has 0 spiro atoms. The molecule has 0 bridgehead atoms. The number of hydrogen-bond donors (Lipinski definition) is 0. The van der Waals surface area contributed by atoms with Crippen molar-refractivity contribution in [1.82, 2.24) is 9.13 Å². The van der Waals surface area contributed by atoms with Gasteiger partial charge >= 0.3 is 0 Å². The number of rotatable bonds is 15. The molecule has 0 N–H and O–H groups in total. The molecule has 0 radical (unpaired) electrons. The summed E-state index contributed by atoms with van der Waals surface area (Å²) in [5.41, 5.74) is 28.1. The highest BCUT2D eigenvalue weighted by molar-refractivity contribution is 6.13. The molecule has 442 valence electrons. The minimum Gasteiger partial charge on any atom is -0.309 e. The van der Waals surface area contributed by atoms with Crippen molar-refractivity contribution in [2.75, 3.05) is 0 Å². The van der Waals surface area contributed by atoms with Crippen molar-refractivity contribution < 1.29 is 0 Å². The molecule has 0 aliphatic rings. The molecule has 16 aromatic rings. The highest BCUT2D eigenvalue weighted by atomic mass is 15.0. The molecular weight excluding hydrogens is 1130 g/mol. The van der Waals surface area contributed by atoms with Gasteiger partial charge in [0.05, 0.1) is 22.1 Å². The lowest BCUT2D eigenvalue weighted by Gasteiger charge is -2.12. The zero-order valence-corrected chi connectivity index (χ0v) is 51.8. The third-order valence-corrected chi connectivity index (χ3v) is 18.2. The van der Waals surface area contributed by atoms with Crippen LogP contribution in [0.25, 0.3) is 159 Å². The Bertz CT molecular complexity index is 4830. The third-order valence-electron chi connectivity index (χ3n) is 18.2. The average molecular weight is 1200 g/mol. The number of aromatic nitrogens is 2. The van der Waals surface area contributed by atoms with Crippen LogP contribution in [0.4, 0.5) is 0 Å². The van der Waals surface area contributed by atoms with Gasteiger partial charge in [-0.3, -0.25) is 0 Å². The molecule has 0 saturated heterocycles. The van der Waals surface area contributed by atoms with Crippen molar-refractivity contribution in [2.45, 2.75) is 0 Å². The van der Waals surface area contributed by atoms with Crippen LogP contribution in [0.1, 0.15) is 44.5 Å². The molecule has 0 aliphatic heterocycles. The summed E-state index contributed by atoms with van der Waals surface area (Å²) in [7, 11) is 0. The van der Waals surface area contributed by atoms with E-state index < -0.39 is 0 Å². The van der Waals surface area contributed by atoms with Gasteiger partial charge in [-0.2, -0.15) is 0 Å². The molecule has 2 nitrogen and oxygen atoms in total. The van der Waals surface area contributed by atoms with Crippen molar-refractivity contribution in [3.05, 3.63) is 384 Å². The van der Waals surface area contributed by atoms with Crippen LogP contribution in [0.15, 0.2) is 340 Å². The predicted molar refractivity (Wildman–Crippen MR) is 404 cm³/mol. The predicted octanol–water partition coefficient (Wildman–Crippen LogP) is 24.9. The highest BCUT2D eigenvalue weighted by Gasteiger charge is 2.18. The molecule has 14 aromatic carbocycles. The van der Waals surface area contributed by atoms with E-state index in [0.29, 0.717) is 0 Å². The summed E-state index contributed by atoms with van der Waals surface area (Å²) in [6.45, 7) is 0. The van der Waals surface area contributed by atoms with Crippen molar-refractivity contribution in [3.63, 3.8) is 0 Å². The molecule has 94 heavy (non-hydrogen) atoms. The Balaban J connectivity index is 0.723. The van der Waals surface area contributed by atoms with Crippen LogP contribution in [-0.4, -0.2) is 9.13 Å². The lowest BCUT2D eigenvalue weighted by molar-refractivity contribution is 1.18. The van der Waals surface area contributed by atoms with Crippen molar-refractivity contribution >= 4 is 92.2 Å². The lowest BCUT2D eigenvalue weighted by atomic mass is 9.99. The summed E-state index contributed by atoms with van der Waals surface area (Å²) >= 11 is 0. The standard InChI is InChI=1S/C92H64N2/c1-5-13-65(14-6-1)21-25-69-29-37-75(38-30-69)79-49-57-89-85(61-79)86-62-80(76-39-31-70(32-40-76)26-22-66-15-7-2-8-16-66)50-58-90(86)93(89)83-53-45-73(46-54-83)74-47-55-84(56-48-74)94-91-59-51-81(77-41-33-71(34-42-77)27-23-67-17-9-3-10-18-67)63-87(91)88-64-82(52-60-92(88)94)78-43-35-72(36-44-78)28-24-68-19-11-4-12-20-68/h1-64H/b25-21+,26-22+,27-23+,28-24+. The molecule has 0 fully saturated rings. The van der Waals surface area contributed by atoms with Gasteiger partial charge in [-0.15, -0.1) is 0 Å². The van der Waals surface area contributed by atoms with E-state index in [1.165, 1.54) is 111 Å². The fourth-order valence-electron chi connectivity index (χ4n) is 13.1. The molecular formula is C92H64N2. The first-order chi connectivity index (χ1) is 46.5. The van der Waals surface area contributed by atoms with E-state index >= 15 is 0 Å². The summed E-state index contributed by atoms with van der Waals surface area (Å²) in [4.78, 5) is 0. The van der Waals surface area contributed by atoms with E-state index in [-0.39, 0.29) is 0 Å². The molecule has 0 saturated carbocycles. The quantitative estimate of drug-likeness (QED) is 0.0906. The zero-order valence-electron chi connectivity index (χ0n) is 51.8. The highest BCUT2D eigenvalue weighted by Crippen LogP contribution is 2.41. The second kappa shape index (κ2) is 25.5. The van der Waals surface area contributed by atoms with Crippen LogP contribution in [0.5, 0.6) is 0 Å². The van der Waals surface area contributed by atoms with Crippen LogP contribution < -0.4 is 0 Å². The van der Waals surface area contributed by atoms with Crippen molar-refractivity contribution in [1.29, 1.82) is 0 Å². The Morgan fingerprint density at radius 2 is 0.319 bits per heavy atom. The first kappa shape index (κ1) is 56.8. The van der Waals surface area contributed by atoms with Crippen LogP contribution in [0.2, 0.25) is 0 Å². The van der Waals surface area contributed by atoms with Gasteiger partial charge in [0.25, 0.3) is 0 Å².